The van der Waals surface area contributed by atoms with Gasteiger partial charge in [0.2, 0.25) is 0 Å². The minimum absolute atomic E-state index is 0.130. The largest absolute Gasteiger partial charge is 0.494 e. The van der Waals surface area contributed by atoms with Crippen LogP contribution in [0.2, 0.25) is 0 Å². The van der Waals surface area contributed by atoms with Crippen LogP contribution in [0.25, 0.3) is 11.0 Å². The van der Waals surface area contributed by atoms with Gasteiger partial charge in [0.25, 0.3) is 5.91 Å². The molecule has 0 fully saturated rings. The molecule has 0 saturated carbocycles. The number of nitrogens with one attached hydrogen (secondary N) is 1. The molecule has 6 nitrogen and oxygen atoms in total. The minimum atomic E-state index is -0.439. The van der Waals surface area contributed by atoms with Crippen LogP contribution in [0.15, 0.2) is 63.8 Å². The number of halogens is 1. The van der Waals surface area contributed by atoms with Crippen LogP contribution in [0.4, 0.5) is 4.39 Å². The summed E-state index contributed by atoms with van der Waals surface area (Å²) in [4.78, 5) is 23.1. The molecule has 3 aromatic rings. The maximum Gasteiger partial charge on any atom is 0.336 e. The number of rotatable bonds is 9. The van der Waals surface area contributed by atoms with Gasteiger partial charge in [-0.15, -0.1) is 0 Å². The quantitative estimate of drug-likeness (QED) is 0.452. The number of carbonyl (C=O) groups is 1. The van der Waals surface area contributed by atoms with Crippen LogP contribution in [-0.2, 0) is 4.79 Å². The molecule has 28 heavy (non-hydrogen) atoms. The van der Waals surface area contributed by atoms with Gasteiger partial charge in [0.1, 0.15) is 22.9 Å². The maximum atomic E-state index is 12.8. The third kappa shape index (κ3) is 5.84. The SMILES string of the molecule is O=C(COc1ccc2ccc(=O)oc2c1)NCCCCOc1ccc(F)cc1. The second-order valence-electron chi connectivity index (χ2n) is 6.10. The summed E-state index contributed by atoms with van der Waals surface area (Å²) in [5.41, 5.74) is -0.0302. The molecule has 2 aromatic carbocycles. The average Bonchev–Trinajstić information content (AvgIpc) is 2.70. The number of ether oxygens (including phenoxy) is 2. The Balaban J connectivity index is 1.32. The smallest absolute Gasteiger partial charge is 0.336 e. The number of benzene rings is 2. The van der Waals surface area contributed by atoms with Gasteiger partial charge in [-0.3, -0.25) is 4.79 Å². The van der Waals surface area contributed by atoms with E-state index in [2.05, 4.69) is 5.32 Å². The first-order valence-electron chi connectivity index (χ1n) is 8.92. The molecule has 0 spiro atoms. The summed E-state index contributed by atoms with van der Waals surface area (Å²) in [6.07, 6.45) is 1.50. The highest BCUT2D eigenvalue weighted by Crippen LogP contribution is 2.19. The first-order valence-corrected chi connectivity index (χ1v) is 8.92. The van der Waals surface area contributed by atoms with Crippen molar-refractivity contribution in [3.8, 4) is 11.5 Å². The molecule has 3 rings (SSSR count). The zero-order valence-corrected chi connectivity index (χ0v) is 15.2. The van der Waals surface area contributed by atoms with Crippen LogP contribution in [0.1, 0.15) is 12.8 Å². The minimum Gasteiger partial charge on any atom is -0.494 e. The van der Waals surface area contributed by atoms with E-state index in [4.69, 9.17) is 13.9 Å². The fraction of sp³-hybridized carbons (Fsp3) is 0.238. The van der Waals surface area contributed by atoms with Crippen molar-refractivity contribution in [2.75, 3.05) is 19.8 Å². The summed E-state index contributed by atoms with van der Waals surface area (Å²) in [6.45, 7) is 0.858. The van der Waals surface area contributed by atoms with Gasteiger partial charge in [-0.2, -0.15) is 0 Å². The summed E-state index contributed by atoms with van der Waals surface area (Å²) in [5, 5.41) is 3.54. The summed E-state index contributed by atoms with van der Waals surface area (Å²) < 4.78 is 28.8. The van der Waals surface area contributed by atoms with Gasteiger partial charge < -0.3 is 19.2 Å². The molecule has 0 aliphatic rings. The molecule has 1 heterocycles. The van der Waals surface area contributed by atoms with E-state index in [1.807, 2.05) is 0 Å². The van der Waals surface area contributed by atoms with E-state index in [9.17, 15) is 14.0 Å². The molecule has 7 heteroatoms. The third-order valence-electron chi connectivity index (χ3n) is 3.94. The highest BCUT2D eigenvalue weighted by atomic mass is 19.1. The monoisotopic (exact) mass is 385 g/mol. The van der Waals surface area contributed by atoms with Crippen LogP contribution in [0.5, 0.6) is 11.5 Å². The van der Waals surface area contributed by atoms with E-state index in [0.717, 1.165) is 18.2 Å². The van der Waals surface area contributed by atoms with Crippen molar-refractivity contribution in [1.82, 2.24) is 5.32 Å². The molecule has 0 aliphatic carbocycles. The Morgan fingerprint density at radius 1 is 0.964 bits per heavy atom. The van der Waals surface area contributed by atoms with Crippen LogP contribution in [0.3, 0.4) is 0 Å². The van der Waals surface area contributed by atoms with E-state index in [1.54, 1.807) is 36.4 Å². The second-order valence-corrected chi connectivity index (χ2v) is 6.10. The maximum absolute atomic E-state index is 12.8. The van der Waals surface area contributed by atoms with Crippen LogP contribution in [-0.4, -0.2) is 25.7 Å². The normalized spacial score (nSPS) is 10.6. The number of fused-ring (bicyclic) bond motifs is 1. The van der Waals surface area contributed by atoms with Gasteiger partial charge in [0, 0.05) is 24.1 Å². The van der Waals surface area contributed by atoms with Crippen molar-refractivity contribution in [1.29, 1.82) is 0 Å². The lowest BCUT2D eigenvalue weighted by Crippen LogP contribution is -2.29. The van der Waals surface area contributed by atoms with Crippen molar-refractivity contribution >= 4 is 16.9 Å². The lowest BCUT2D eigenvalue weighted by Gasteiger charge is -2.09. The van der Waals surface area contributed by atoms with E-state index >= 15 is 0 Å². The van der Waals surface area contributed by atoms with Crippen molar-refractivity contribution in [3.63, 3.8) is 0 Å². The Morgan fingerprint density at radius 2 is 1.71 bits per heavy atom. The van der Waals surface area contributed by atoms with Gasteiger partial charge >= 0.3 is 5.63 Å². The Bertz CT molecular complexity index is 984. The fourth-order valence-corrected chi connectivity index (χ4v) is 2.51. The molecule has 0 unspecified atom stereocenters. The van der Waals surface area contributed by atoms with Crippen LogP contribution in [0, 0.1) is 5.82 Å². The predicted octanol–water partition coefficient (Wildman–Crippen LogP) is 3.29. The highest BCUT2D eigenvalue weighted by Gasteiger charge is 2.05. The van der Waals surface area contributed by atoms with E-state index < -0.39 is 5.63 Å². The summed E-state index contributed by atoms with van der Waals surface area (Å²) in [7, 11) is 0. The Morgan fingerprint density at radius 3 is 2.54 bits per heavy atom. The molecule has 0 saturated heterocycles. The van der Waals surface area contributed by atoms with E-state index in [1.165, 1.54) is 18.2 Å². The van der Waals surface area contributed by atoms with Crippen molar-refractivity contribution in [2.24, 2.45) is 0 Å². The van der Waals surface area contributed by atoms with Crippen molar-refractivity contribution in [2.45, 2.75) is 12.8 Å². The zero-order chi connectivity index (χ0) is 19.8. The molecular weight excluding hydrogens is 365 g/mol. The molecule has 0 atom stereocenters. The standard InChI is InChI=1S/C21H20FNO5/c22-16-5-8-17(9-6-16)26-12-2-1-11-23-20(24)14-27-18-7-3-15-4-10-21(25)28-19(15)13-18/h3-10,13H,1-2,11-12,14H2,(H,23,24). The highest BCUT2D eigenvalue weighted by molar-refractivity contribution is 5.79. The Hall–Kier alpha value is -3.35. The fourth-order valence-electron chi connectivity index (χ4n) is 2.51. The number of carbonyl (C=O) groups excluding carboxylic acids is 1. The topological polar surface area (TPSA) is 77.8 Å². The Labute approximate surface area is 160 Å². The van der Waals surface area contributed by atoms with Crippen LogP contribution < -0.4 is 20.4 Å². The number of hydrogen-bond acceptors (Lipinski definition) is 5. The lowest BCUT2D eigenvalue weighted by atomic mass is 10.2. The van der Waals surface area contributed by atoms with Gasteiger partial charge in [0.15, 0.2) is 6.61 Å². The van der Waals surface area contributed by atoms with Crippen molar-refractivity contribution in [3.05, 3.63) is 70.8 Å². The summed E-state index contributed by atoms with van der Waals surface area (Å²) >= 11 is 0. The summed E-state index contributed by atoms with van der Waals surface area (Å²) in [6, 6.07) is 13.9. The Kier molecular flexibility index (Phi) is 6.62. The molecule has 1 amide bonds. The van der Waals surface area contributed by atoms with E-state index in [0.29, 0.717) is 30.2 Å². The zero-order valence-electron chi connectivity index (χ0n) is 15.2. The van der Waals surface area contributed by atoms with Crippen LogP contribution >= 0.6 is 0 Å². The first kappa shape index (κ1) is 19.4. The average molecular weight is 385 g/mol. The van der Waals surface area contributed by atoms with Gasteiger partial charge in [0.05, 0.1) is 6.61 Å². The molecule has 1 aromatic heterocycles. The van der Waals surface area contributed by atoms with Gasteiger partial charge in [-0.1, -0.05) is 0 Å². The molecule has 0 radical (unpaired) electrons. The molecule has 146 valence electrons. The third-order valence-corrected chi connectivity index (χ3v) is 3.94. The molecule has 0 aliphatic heterocycles. The van der Waals surface area contributed by atoms with E-state index in [-0.39, 0.29) is 18.3 Å². The molecule has 1 N–H and O–H groups in total. The second kappa shape index (κ2) is 9.55. The predicted molar refractivity (Wildman–Crippen MR) is 102 cm³/mol. The summed E-state index contributed by atoms with van der Waals surface area (Å²) in [5.74, 6) is 0.523. The number of hydrogen-bond donors (Lipinski definition) is 1. The molecule has 0 bridgehead atoms. The van der Waals surface area contributed by atoms with Gasteiger partial charge in [-0.05, 0) is 55.3 Å². The first-order chi connectivity index (χ1) is 13.6. The number of unbranched alkanes of at least 4 members (excludes halogenated alkanes) is 1. The number of amides is 1. The van der Waals surface area contributed by atoms with Gasteiger partial charge in [-0.25, -0.2) is 9.18 Å². The lowest BCUT2D eigenvalue weighted by molar-refractivity contribution is -0.123. The van der Waals surface area contributed by atoms with Crippen molar-refractivity contribution < 1.29 is 23.1 Å². The molecular formula is C21H20FNO5.